The highest BCUT2D eigenvalue weighted by Gasteiger charge is 2.39. The van der Waals surface area contributed by atoms with Crippen molar-refractivity contribution < 1.29 is 10.2 Å². The van der Waals surface area contributed by atoms with Crippen LogP contribution in [0.2, 0.25) is 18.6 Å². The Morgan fingerprint density at radius 1 is 0.944 bits per heavy atom. The minimum Gasteiger partial charge on any atom is -0.390 e. The van der Waals surface area contributed by atoms with Crippen molar-refractivity contribution in [2.45, 2.75) is 30.8 Å². The summed E-state index contributed by atoms with van der Waals surface area (Å²) < 4.78 is 0. The van der Waals surface area contributed by atoms with Crippen molar-refractivity contribution in [1.29, 1.82) is 0 Å². The summed E-state index contributed by atoms with van der Waals surface area (Å²) in [4.78, 5) is 0. The van der Waals surface area contributed by atoms with Crippen LogP contribution < -0.4 is 5.19 Å². The zero-order chi connectivity index (χ0) is 13.2. The Labute approximate surface area is 109 Å². The molecule has 0 aromatic heterocycles. The monoisotopic (exact) mass is 260 g/mol. The van der Waals surface area contributed by atoms with Crippen LogP contribution in [0.5, 0.6) is 0 Å². The van der Waals surface area contributed by atoms with Crippen LogP contribution in [0, 0.1) is 0 Å². The fraction of sp³-hybridized carbons (Fsp3) is 0.333. The third kappa shape index (κ3) is 2.48. The summed E-state index contributed by atoms with van der Waals surface area (Å²) in [7, 11) is -1.85. The van der Waals surface area contributed by atoms with E-state index in [4.69, 9.17) is 0 Å². The summed E-state index contributed by atoms with van der Waals surface area (Å²) in [5.41, 5.74) is 0.0184. The minimum absolute atomic E-state index is 0.0184. The van der Waals surface area contributed by atoms with Crippen LogP contribution in [0.15, 0.2) is 54.6 Å². The molecular formula is C15H20O2Si. The van der Waals surface area contributed by atoms with E-state index < -0.39 is 20.3 Å². The summed E-state index contributed by atoms with van der Waals surface area (Å²) >= 11 is 0. The number of hydrogen-bond acceptors (Lipinski definition) is 2. The maximum absolute atomic E-state index is 10.3. The Kier molecular flexibility index (Phi) is 3.85. The fourth-order valence-electron chi connectivity index (χ4n) is 2.53. The zero-order valence-electron chi connectivity index (χ0n) is 10.8. The quantitative estimate of drug-likeness (QED) is 0.796. The number of allylic oxidation sites excluding steroid dienone is 2. The van der Waals surface area contributed by atoms with E-state index in [0.29, 0.717) is 0 Å². The standard InChI is InChI=1S/C15H20O2Si/c1-18(2,12-8-4-3-5-9-12)14-11-7-6-10-13(16)15(14)17/h3-11,13-17H,1-2H3/t13-,14-,15-/m1/s1. The van der Waals surface area contributed by atoms with Gasteiger partial charge in [-0.15, -0.1) is 0 Å². The van der Waals surface area contributed by atoms with Gasteiger partial charge in [0.2, 0.25) is 0 Å². The highest BCUT2D eigenvalue weighted by atomic mass is 28.3. The van der Waals surface area contributed by atoms with Crippen molar-refractivity contribution in [2.75, 3.05) is 0 Å². The molecule has 96 valence electrons. The molecule has 18 heavy (non-hydrogen) atoms. The molecule has 3 atom stereocenters. The second-order valence-corrected chi connectivity index (χ2v) is 10.1. The van der Waals surface area contributed by atoms with Gasteiger partial charge in [0.1, 0.15) is 0 Å². The third-order valence-electron chi connectivity index (χ3n) is 3.81. The topological polar surface area (TPSA) is 40.5 Å². The van der Waals surface area contributed by atoms with Gasteiger partial charge in [0.05, 0.1) is 20.3 Å². The first-order valence-electron chi connectivity index (χ1n) is 6.30. The molecule has 0 aliphatic heterocycles. The van der Waals surface area contributed by atoms with Crippen LogP contribution in [-0.2, 0) is 0 Å². The summed E-state index contributed by atoms with van der Waals surface area (Å²) in [6.45, 7) is 4.47. The number of aliphatic hydroxyl groups is 2. The molecule has 0 saturated heterocycles. The normalized spacial score (nSPS) is 28.1. The number of rotatable bonds is 2. The van der Waals surface area contributed by atoms with E-state index in [9.17, 15) is 10.2 Å². The first-order chi connectivity index (χ1) is 8.53. The highest BCUT2D eigenvalue weighted by Crippen LogP contribution is 2.30. The molecule has 0 unspecified atom stereocenters. The first kappa shape index (κ1) is 13.3. The lowest BCUT2D eigenvalue weighted by Gasteiger charge is -2.35. The summed E-state index contributed by atoms with van der Waals surface area (Å²) in [5, 5.41) is 21.5. The largest absolute Gasteiger partial charge is 0.390 e. The average molecular weight is 260 g/mol. The number of benzene rings is 1. The Balaban J connectivity index is 2.35. The van der Waals surface area contributed by atoms with Crippen LogP contribution in [0.25, 0.3) is 0 Å². The predicted octanol–water partition coefficient (Wildman–Crippen LogP) is 1.82. The first-order valence-corrected chi connectivity index (χ1v) is 9.38. The van der Waals surface area contributed by atoms with Gasteiger partial charge >= 0.3 is 0 Å². The SMILES string of the molecule is C[Si](C)(c1ccccc1)[C@@H]1C=CC=C[C@@H](O)[C@H]1O. The van der Waals surface area contributed by atoms with Gasteiger partial charge in [-0.25, -0.2) is 0 Å². The molecule has 0 bridgehead atoms. The minimum atomic E-state index is -1.85. The van der Waals surface area contributed by atoms with E-state index in [1.54, 1.807) is 6.08 Å². The van der Waals surface area contributed by atoms with E-state index in [-0.39, 0.29) is 5.54 Å². The third-order valence-corrected chi connectivity index (χ3v) is 7.83. The van der Waals surface area contributed by atoms with Crippen LogP contribution in [-0.4, -0.2) is 30.5 Å². The van der Waals surface area contributed by atoms with Gasteiger partial charge in [0, 0.05) is 5.54 Å². The lowest BCUT2D eigenvalue weighted by Crippen LogP contribution is -2.51. The summed E-state index contributed by atoms with van der Waals surface area (Å²) in [6.07, 6.45) is 5.93. The summed E-state index contributed by atoms with van der Waals surface area (Å²) in [5.74, 6) is 0. The molecule has 2 nitrogen and oxygen atoms in total. The molecule has 0 amide bonds. The van der Waals surface area contributed by atoms with Gasteiger partial charge in [-0.05, 0) is 0 Å². The molecular weight excluding hydrogens is 240 g/mol. The van der Waals surface area contributed by atoms with E-state index >= 15 is 0 Å². The van der Waals surface area contributed by atoms with Crippen molar-refractivity contribution in [3.8, 4) is 0 Å². The fourth-order valence-corrected chi connectivity index (χ4v) is 5.61. The molecule has 0 radical (unpaired) electrons. The molecule has 1 aromatic rings. The molecule has 0 saturated carbocycles. The Hall–Kier alpha value is -1.16. The van der Waals surface area contributed by atoms with Gasteiger partial charge in [0.15, 0.2) is 0 Å². The molecule has 1 aliphatic carbocycles. The lowest BCUT2D eigenvalue weighted by atomic mass is 10.1. The van der Waals surface area contributed by atoms with Crippen LogP contribution in [0.1, 0.15) is 0 Å². The van der Waals surface area contributed by atoms with Crippen LogP contribution >= 0.6 is 0 Å². The van der Waals surface area contributed by atoms with Gasteiger partial charge in [0.25, 0.3) is 0 Å². The molecule has 1 aliphatic rings. The molecule has 3 heteroatoms. The average Bonchev–Trinajstić information content (AvgIpc) is 2.54. The number of hydrogen-bond donors (Lipinski definition) is 2. The maximum Gasteiger partial charge on any atom is 0.0986 e. The van der Waals surface area contributed by atoms with Gasteiger partial charge in [-0.3, -0.25) is 0 Å². The van der Waals surface area contributed by atoms with Gasteiger partial charge in [-0.1, -0.05) is 72.9 Å². The van der Waals surface area contributed by atoms with Crippen molar-refractivity contribution in [3.05, 3.63) is 54.6 Å². The van der Waals surface area contributed by atoms with E-state index in [2.05, 4.69) is 25.2 Å². The van der Waals surface area contributed by atoms with Gasteiger partial charge in [-0.2, -0.15) is 0 Å². The zero-order valence-corrected chi connectivity index (χ0v) is 11.8. The van der Waals surface area contributed by atoms with E-state index in [1.807, 2.05) is 36.4 Å². The number of aliphatic hydroxyl groups excluding tert-OH is 2. The lowest BCUT2D eigenvalue weighted by molar-refractivity contribution is 0.0508. The molecule has 1 aromatic carbocycles. The second kappa shape index (κ2) is 5.22. The van der Waals surface area contributed by atoms with Crippen molar-refractivity contribution in [2.24, 2.45) is 0 Å². The highest BCUT2D eigenvalue weighted by molar-refractivity contribution is 6.91. The Morgan fingerprint density at radius 2 is 1.56 bits per heavy atom. The van der Waals surface area contributed by atoms with E-state index in [1.165, 1.54) is 5.19 Å². The molecule has 2 N–H and O–H groups in total. The molecule has 2 rings (SSSR count). The van der Waals surface area contributed by atoms with Crippen molar-refractivity contribution in [3.63, 3.8) is 0 Å². The van der Waals surface area contributed by atoms with Crippen LogP contribution in [0.3, 0.4) is 0 Å². The smallest absolute Gasteiger partial charge is 0.0986 e. The molecule has 0 spiro atoms. The molecule has 0 heterocycles. The Bertz CT molecular complexity index is 451. The summed E-state index contributed by atoms with van der Waals surface area (Å²) in [6, 6.07) is 10.3. The van der Waals surface area contributed by atoms with Crippen molar-refractivity contribution in [1.82, 2.24) is 0 Å². The maximum atomic E-state index is 10.3. The second-order valence-electron chi connectivity index (χ2n) is 5.36. The van der Waals surface area contributed by atoms with E-state index in [0.717, 1.165) is 0 Å². The predicted molar refractivity (Wildman–Crippen MR) is 77.6 cm³/mol. The Morgan fingerprint density at radius 3 is 2.22 bits per heavy atom. The van der Waals surface area contributed by atoms with Crippen molar-refractivity contribution >= 4 is 13.3 Å². The van der Waals surface area contributed by atoms with Crippen LogP contribution in [0.4, 0.5) is 0 Å². The van der Waals surface area contributed by atoms with Gasteiger partial charge < -0.3 is 10.2 Å². The molecule has 0 fully saturated rings.